The van der Waals surface area contributed by atoms with E-state index < -0.39 is 52.3 Å². The van der Waals surface area contributed by atoms with Crippen molar-refractivity contribution < 1.29 is 49.5 Å². The molecule has 0 saturated carbocycles. The van der Waals surface area contributed by atoms with Crippen molar-refractivity contribution in [2.75, 3.05) is 6.61 Å². The Morgan fingerprint density at radius 2 is 1.61 bits per heavy atom. The number of halogens is 3. The second-order valence-corrected chi connectivity index (χ2v) is 8.90. The average Bonchev–Trinajstić information content (AvgIpc) is 3.23. The fraction of sp³-hybridized carbons (Fsp3) is 0.381. The van der Waals surface area contributed by atoms with E-state index in [0.29, 0.717) is 5.56 Å². The molecule has 0 unspecified atom stereocenters. The Bertz CT molecular complexity index is 1060. The van der Waals surface area contributed by atoms with Gasteiger partial charge >= 0.3 is 21.6 Å². The fourth-order valence-electron chi connectivity index (χ4n) is 3.50. The summed E-state index contributed by atoms with van der Waals surface area (Å²) in [6.45, 7) is -0.273. The molecule has 8 nitrogen and oxygen atoms in total. The third-order valence-electron chi connectivity index (χ3n) is 5.08. The molecule has 0 spiro atoms. The Hall–Kier alpha value is -2.51. The molecule has 12 heteroatoms. The van der Waals surface area contributed by atoms with Crippen molar-refractivity contribution in [2.45, 2.75) is 42.8 Å². The van der Waals surface area contributed by atoms with E-state index in [-0.39, 0.29) is 18.8 Å². The summed E-state index contributed by atoms with van der Waals surface area (Å²) in [5.41, 5.74) is -4.84. The highest BCUT2D eigenvalue weighted by atomic mass is 32.2. The standard InChI is InChI=1S/C21H19F3O8S/c22-21(23,24)33(26,27)32-18-17(28-11-13-7-3-1-4-8-13)16(15-12-29-20(18)30-15)31-19(25)14-9-5-2-6-10-14/h1-10,15-18,20H,11-12H2/t15-,16+,17-,18+,20-/m0/s1. The van der Waals surface area contributed by atoms with Crippen molar-refractivity contribution in [1.82, 2.24) is 0 Å². The summed E-state index contributed by atoms with van der Waals surface area (Å²) < 4.78 is 89.1. The van der Waals surface area contributed by atoms with Gasteiger partial charge in [0, 0.05) is 0 Å². The predicted octanol–water partition coefficient (Wildman–Crippen LogP) is 2.79. The molecule has 0 aliphatic carbocycles. The van der Waals surface area contributed by atoms with Crippen molar-refractivity contribution in [3.05, 3.63) is 71.8 Å². The van der Waals surface area contributed by atoms with Crippen LogP contribution in [0.25, 0.3) is 0 Å². The van der Waals surface area contributed by atoms with Gasteiger partial charge in [-0.15, -0.1) is 0 Å². The fourth-order valence-corrected chi connectivity index (χ4v) is 4.11. The highest BCUT2D eigenvalue weighted by Gasteiger charge is 2.58. The molecule has 178 valence electrons. The Labute approximate surface area is 187 Å². The predicted molar refractivity (Wildman–Crippen MR) is 105 cm³/mol. The van der Waals surface area contributed by atoms with Crippen LogP contribution in [0, 0.1) is 0 Å². The molecule has 2 aliphatic heterocycles. The van der Waals surface area contributed by atoms with Crippen LogP contribution in [0.5, 0.6) is 0 Å². The lowest BCUT2D eigenvalue weighted by atomic mass is 10.00. The molecular formula is C21H19F3O8S. The normalized spacial score (nSPS) is 27.3. The van der Waals surface area contributed by atoms with Gasteiger partial charge in [-0.05, 0) is 17.7 Å². The zero-order chi connectivity index (χ0) is 23.6. The Morgan fingerprint density at radius 3 is 2.24 bits per heavy atom. The van der Waals surface area contributed by atoms with Crippen LogP contribution < -0.4 is 0 Å². The lowest BCUT2D eigenvalue weighted by Gasteiger charge is -2.39. The summed E-state index contributed by atoms with van der Waals surface area (Å²) in [4.78, 5) is 12.6. The van der Waals surface area contributed by atoms with Gasteiger partial charge in [0.05, 0.1) is 18.8 Å². The van der Waals surface area contributed by atoms with E-state index in [0.717, 1.165) is 0 Å². The maximum atomic E-state index is 13.0. The van der Waals surface area contributed by atoms with Crippen LogP contribution in [-0.4, -0.2) is 57.2 Å². The van der Waals surface area contributed by atoms with Gasteiger partial charge in [0.15, 0.2) is 18.5 Å². The Kier molecular flexibility index (Phi) is 6.73. The quantitative estimate of drug-likeness (QED) is 0.334. The van der Waals surface area contributed by atoms with E-state index in [4.69, 9.17) is 18.9 Å². The van der Waals surface area contributed by atoms with E-state index in [1.54, 1.807) is 48.5 Å². The summed E-state index contributed by atoms with van der Waals surface area (Å²) in [6.07, 6.45) is -6.95. The minimum absolute atomic E-state index is 0.115. The van der Waals surface area contributed by atoms with Gasteiger partial charge in [-0.2, -0.15) is 21.6 Å². The molecule has 4 rings (SSSR count). The summed E-state index contributed by atoms with van der Waals surface area (Å²) in [6, 6.07) is 16.5. The third kappa shape index (κ3) is 5.20. The molecule has 2 saturated heterocycles. The van der Waals surface area contributed by atoms with Crippen LogP contribution >= 0.6 is 0 Å². The molecule has 2 aliphatic rings. The molecule has 0 amide bonds. The molecular weight excluding hydrogens is 469 g/mol. The van der Waals surface area contributed by atoms with Crippen LogP contribution in [0.1, 0.15) is 15.9 Å². The molecule has 0 radical (unpaired) electrons. The number of hydrogen-bond acceptors (Lipinski definition) is 8. The third-order valence-corrected chi connectivity index (χ3v) is 6.12. The Balaban J connectivity index is 1.62. The molecule has 0 N–H and O–H groups in total. The van der Waals surface area contributed by atoms with Crippen molar-refractivity contribution >= 4 is 16.1 Å². The van der Waals surface area contributed by atoms with Gasteiger partial charge in [-0.25, -0.2) is 4.79 Å². The van der Waals surface area contributed by atoms with Crippen LogP contribution in [0.4, 0.5) is 13.2 Å². The molecule has 2 aromatic carbocycles. The van der Waals surface area contributed by atoms with Crippen LogP contribution in [0.3, 0.4) is 0 Å². The first-order valence-electron chi connectivity index (χ1n) is 9.84. The first-order chi connectivity index (χ1) is 15.7. The van der Waals surface area contributed by atoms with E-state index in [1.807, 2.05) is 0 Å². The highest BCUT2D eigenvalue weighted by molar-refractivity contribution is 7.87. The lowest BCUT2D eigenvalue weighted by Crippen LogP contribution is -2.58. The van der Waals surface area contributed by atoms with Crippen LogP contribution in [0.15, 0.2) is 60.7 Å². The highest BCUT2D eigenvalue weighted by Crippen LogP contribution is 2.37. The first kappa shape index (κ1) is 23.6. The largest absolute Gasteiger partial charge is 0.523 e. The molecule has 2 heterocycles. The van der Waals surface area contributed by atoms with E-state index >= 15 is 0 Å². The number of carbonyl (C=O) groups excluding carboxylic acids is 1. The number of fused-ring (bicyclic) bond motifs is 2. The van der Waals surface area contributed by atoms with Gasteiger partial charge in [0.2, 0.25) is 0 Å². The molecule has 5 atom stereocenters. The minimum Gasteiger partial charge on any atom is -0.453 e. The number of hydrogen-bond donors (Lipinski definition) is 0. The second-order valence-electron chi connectivity index (χ2n) is 7.33. The number of rotatable bonds is 7. The van der Waals surface area contributed by atoms with Gasteiger partial charge in [-0.3, -0.25) is 4.18 Å². The number of carbonyl (C=O) groups is 1. The average molecular weight is 488 g/mol. The Morgan fingerprint density at radius 1 is 0.970 bits per heavy atom. The number of alkyl halides is 3. The molecule has 2 fully saturated rings. The smallest absolute Gasteiger partial charge is 0.453 e. The van der Waals surface area contributed by atoms with Crippen molar-refractivity contribution in [3.63, 3.8) is 0 Å². The zero-order valence-corrected chi connectivity index (χ0v) is 17.7. The van der Waals surface area contributed by atoms with Crippen LogP contribution in [-0.2, 0) is 39.9 Å². The monoisotopic (exact) mass is 488 g/mol. The molecule has 33 heavy (non-hydrogen) atoms. The van der Waals surface area contributed by atoms with Crippen molar-refractivity contribution in [1.29, 1.82) is 0 Å². The molecule has 0 aromatic heterocycles. The van der Waals surface area contributed by atoms with Gasteiger partial charge in [0.25, 0.3) is 0 Å². The number of esters is 1. The SMILES string of the molecule is O=C(O[C@H]1[C@H](OCc2ccccc2)[C@@H](OS(=O)(=O)C(F)(F)F)[C@H]2OC[C@@H]1O2)c1ccccc1. The van der Waals surface area contributed by atoms with Crippen LogP contribution in [0.2, 0.25) is 0 Å². The lowest BCUT2D eigenvalue weighted by molar-refractivity contribution is -0.236. The van der Waals surface area contributed by atoms with Crippen molar-refractivity contribution in [3.8, 4) is 0 Å². The zero-order valence-electron chi connectivity index (χ0n) is 16.9. The van der Waals surface area contributed by atoms with E-state index in [9.17, 15) is 26.4 Å². The maximum absolute atomic E-state index is 13.0. The maximum Gasteiger partial charge on any atom is 0.523 e. The molecule has 2 bridgehead atoms. The number of benzene rings is 2. The van der Waals surface area contributed by atoms with Gasteiger partial charge in [0.1, 0.15) is 12.2 Å². The summed E-state index contributed by atoms with van der Waals surface area (Å²) in [7, 11) is -6.02. The number of ether oxygens (including phenoxy) is 4. The molecule has 2 aromatic rings. The minimum atomic E-state index is -6.02. The van der Waals surface area contributed by atoms with Gasteiger partial charge < -0.3 is 18.9 Å². The summed E-state index contributed by atoms with van der Waals surface area (Å²) in [5.74, 6) is -0.791. The van der Waals surface area contributed by atoms with Crippen molar-refractivity contribution in [2.24, 2.45) is 0 Å². The van der Waals surface area contributed by atoms with Gasteiger partial charge in [-0.1, -0.05) is 48.5 Å². The second kappa shape index (κ2) is 9.39. The van der Waals surface area contributed by atoms with E-state index in [1.165, 1.54) is 12.1 Å². The van der Waals surface area contributed by atoms with E-state index in [2.05, 4.69) is 4.18 Å². The summed E-state index contributed by atoms with van der Waals surface area (Å²) in [5, 5.41) is 0. The summed E-state index contributed by atoms with van der Waals surface area (Å²) >= 11 is 0. The first-order valence-corrected chi connectivity index (χ1v) is 11.2. The topological polar surface area (TPSA) is 97.4 Å².